The maximum Gasteiger partial charge on any atom is 0.326 e. The number of methoxy groups -OCH3 is 1. The third-order valence-electron chi connectivity index (χ3n) is 3.40. The van der Waals surface area contributed by atoms with Gasteiger partial charge in [-0.3, -0.25) is 4.79 Å². The van der Waals surface area contributed by atoms with Crippen LogP contribution in [-0.2, 0) is 9.53 Å². The van der Waals surface area contributed by atoms with E-state index in [1.807, 2.05) is 0 Å². The molecule has 0 aliphatic heterocycles. The van der Waals surface area contributed by atoms with E-state index in [1.165, 1.54) is 7.11 Å². The van der Waals surface area contributed by atoms with Gasteiger partial charge in [-0.15, -0.1) is 0 Å². The summed E-state index contributed by atoms with van der Waals surface area (Å²) < 4.78 is 4.83. The van der Waals surface area contributed by atoms with Crippen LogP contribution in [0.4, 0.5) is 0 Å². The van der Waals surface area contributed by atoms with Gasteiger partial charge in [0, 0.05) is 11.0 Å². The highest BCUT2D eigenvalue weighted by molar-refractivity contribution is 8.00. The number of nitrogens with two attached hydrogens (primary N) is 1. The third kappa shape index (κ3) is 3.14. The van der Waals surface area contributed by atoms with Crippen molar-refractivity contribution >= 4 is 17.7 Å². The quantitative estimate of drug-likeness (QED) is 0.728. The van der Waals surface area contributed by atoms with Crippen molar-refractivity contribution in [2.24, 2.45) is 17.6 Å². The van der Waals surface area contributed by atoms with E-state index < -0.39 is 5.54 Å². The predicted octanol–water partition coefficient (Wildman–Crippen LogP) is 2.04. The fourth-order valence-corrected chi connectivity index (χ4v) is 2.87. The summed E-state index contributed by atoms with van der Waals surface area (Å²) in [4.78, 5) is 11.7. The molecule has 2 unspecified atom stereocenters. The SMILES string of the molecule is COC(=O)C(N)(CSC(C)C(C)C)C1CC1. The predicted molar refractivity (Wildman–Crippen MR) is 68.4 cm³/mol. The minimum atomic E-state index is -0.761. The van der Waals surface area contributed by atoms with Crippen LogP contribution < -0.4 is 5.73 Å². The van der Waals surface area contributed by atoms with E-state index >= 15 is 0 Å². The number of rotatable bonds is 6. The number of carbonyl (C=O) groups excluding carboxylic acids is 1. The molecular weight excluding hydrogens is 222 g/mol. The van der Waals surface area contributed by atoms with Crippen LogP contribution in [0.5, 0.6) is 0 Å². The zero-order chi connectivity index (χ0) is 12.3. The molecule has 0 radical (unpaired) electrons. The summed E-state index contributed by atoms with van der Waals surface area (Å²) in [5.41, 5.74) is 5.45. The molecule has 1 aliphatic rings. The van der Waals surface area contributed by atoms with E-state index in [0.29, 0.717) is 22.8 Å². The van der Waals surface area contributed by atoms with Gasteiger partial charge in [0.1, 0.15) is 5.54 Å². The first-order valence-corrected chi connectivity index (χ1v) is 6.95. The molecule has 0 amide bonds. The lowest BCUT2D eigenvalue weighted by Crippen LogP contribution is -2.53. The molecule has 0 aromatic carbocycles. The number of hydrogen-bond donors (Lipinski definition) is 1. The standard InChI is InChI=1S/C12H23NO2S/c1-8(2)9(3)16-7-12(13,10-5-6-10)11(14)15-4/h8-10H,5-7,13H2,1-4H3. The molecule has 94 valence electrons. The van der Waals surface area contributed by atoms with Crippen LogP contribution in [0, 0.1) is 11.8 Å². The highest BCUT2D eigenvalue weighted by Gasteiger charge is 2.49. The average Bonchev–Trinajstić information content (AvgIpc) is 3.07. The molecule has 0 heterocycles. The number of ether oxygens (including phenoxy) is 1. The van der Waals surface area contributed by atoms with Gasteiger partial charge in [-0.2, -0.15) is 11.8 Å². The van der Waals surface area contributed by atoms with Crippen LogP contribution in [0.2, 0.25) is 0 Å². The minimum Gasteiger partial charge on any atom is -0.468 e. The molecule has 2 N–H and O–H groups in total. The second-order valence-corrected chi connectivity index (χ2v) is 6.43. The summed E-state index contributed by atoms with van der Waals surface area (Å²) in [6.07, 6.45) is 2.12. The van der Waals surface area contributed by atoms with Crippen molar-refractivity contribution in [3.8, 4) is 0 Å². The molecule has 4 heteroatoms. The molecule has 1 fully saturated rings. The molecule has 0 bridgehead atoms. The molecule has 1 saturated carbocycles. The lowest BCUT2D eigenvalue weighted by molar-refractivity contribution is -0.146. The Morgan fingerprint density at radius 2 is 2.06 bits per heavy atom. The van der Waals surface area contributed by atoms with E-state index in [1.54, 1.807) is 11.8 Å². The van der Waals surface area contributed by atoms with Crippen LogP contribution in [-0.4, -0.2) is 29.6 Å². The van der Waals surface area contributed by atoms with Gasteiger partial charge in [-0.25, -0.2) is 0 Å². The molecule has 0 saturated heterocycles. The molecule has 1 aliphatic carbocycles. The summed E-state index contributed by atoms with van der Waals surface area (Å²) in [6.45, 7) is 6.55. The molecular formula is C12H23NO2S. The zero-order valence-electron chi connectivity index (χ0n) is 10.7. The Labute approximate surface area is 102 Å². The normalized spacial score (nSPS) is 21.6. The first-order valence-electron chi connectivity index (χ1n) is 5.90. The van der Waals surface area contributed by atoms with Gasteiger partial charge < -0.3 is 10.5 Å². The Morgan fingerprint density at radius 1 is 1.50 bits per heavy atom. The molecule has 1 rings (SSSR count). The summed E-state index contributed by atoms with van der Waals surface area (Å²) >= 11 is 1.78. The zero-order valence-corrected chi connectivity index (χ0v) is 11.5. The summed E-state index contributed by atoms with van der Waals surface area (Å²) in [7, 11) is 1.42. The van der Waals surface area contributed by atoms with Crippen molar-refractivity contribution in [1.82, 2.24) is 0 Å². The fourth-order valence-electron chi connectivity index (χ4n) is 1.59. The van der Waals surface area contributed by atoms with Crippen LogP contribution in [0.25, 0.3) is 0 Å². The largest absolute Gasteiger partial charge is 0.468 e. The van der Waals surface area contributed by atoms with Crippen molar-refractivity contribution in [1.29, 1.82) is 0 Å². The molecule has 2 atom stereocenters. The van der Waals surface area contributed by atoms with Crippen LogP contribution >= 0.6 is 11.8 Å². The van der Waals surface area contributed by atoms with Crippen molar-refractivity contribution < 1.29 is 9.53 Å². The van der Waals surface area contributed by atoms with E-state index in [9.17, 15) is 4.79 Å². The minimum absolute atomic E-state index is 0.251. The van der Waals surface area contributed by atoms with Gasteiger partial charge in [-0.05, 0) is 24.7 Å². The molecule has 16 heavy (non-hydrogen) atoms. The first kappa shape index (κ1) is 13.8. The van der Waals surface area contributed by atoms with Crippen LogP contribution in [0.1, 0.15) is 33.6 Å². The molecule has 0 aromatic heterocycles. The topological polar surface area (TPSA) is 52.3 Å². The summed E-state index contributed by atoms with van der Waals surface area (Å²) in [5, 5.41) is 0.520. The van der Waals surface area contributed by atoms with Crippen LogP contribution in [0.15, 0.2) is 0 Å². The lowest BCUT2D eigenvalue weighted by Gasteiger charge is -2.28. The third-order valence-corrected chi connectivity index (χ3v) is 5.11. The highest BCUT2D eigenvalue weighted by Crippen LogP contribution is 2.41. The number of esters is 1. The average molecular weight is 245 g/mol. The Bertz CT molecular complexity index is 253. The van der Waals surface area contributed by atoms with E-state index in [-0.39, 0.29) is 5.97 Å². The van der Waals surface area contributed by atoms with Crippen molar-refractivity contribution in [2.45, 2.75) is 44.4 Å². The van der Waals surface area contributed by atoms with Gasteiger partial charge in [-0.1, -0.05) is 20.8 Å². The smallest absolute Gasteiger partial charge is 0.326 e. The van der Waals surface area contributed by atoms with Gasteiger partial charge in [0.2, 0.25) is 0 Å². The first-order chi connectivity index (χ1) is 7.41. The lowest BCUT2D eigenvalue weighted by atomic mass is 9.97. The monoisotopic (exact) mass is 245 g/mol. The Kier molecular flexibility index (Phi) is 4.68. The summed E-state index contributed by atoms with van der Waals surface area (Å²) in [6, 6.07) is 0. The number of thioether (sulfide) groups is 1. The second kappa shape index (κ2) is 5.41. The van der Waals surface area contributed by atoms with Crippen molar-refractivity contribution in [3.63, 3.8) is 0 Å². The maximum atomic E-state index is 11.7. The van der Waals surface area contributed by atoms with Gasteiger partial charge in [0.05, 0.1) is 7.11 Å². The van der Waals surface area contributed by atoms with E-state index in [4.69, 9.17) is 10.5 Å². The number of hydrogen-bond acceptors (Lipinski definition) is 4. The second-order valence-electron chi connectivity index (χ2n) is 5.07. The fraction of sp³-hybridized carbons (Fsp3) is 0.917. The van der Waals surface area contributed by atoms with E-state index in [2.05, 4.69) is 20.8 Å². The summed E-state index contributed by atoms with van der Waals surface area (Å²) in [5.74, 6) is 1.35. The van der Waals surface area contributed by atoms with Gasteiger partial charge in [0.15, 0.2) is 0 Å². The van der Waals surface area contributed by atoms with Gasteiger partial charge >= 0.3 is 5.97 Å². The Hall–Kier alpha value is -0.220. The van der Waals surface area contributed by atoms with E-state index in [0.717, 1.165) is 12.8 Å². The maximum absolute atomic E-state index is 11.7. The molecule has 0 aromatic rings. The molecule has 0 spiro atoms. The Balaban J connectivity index is 2.55. The number of carbonyl (C=O) groups is 1. The highest BCUT2D eigenvalue weighted by atomic mass is 32.2. The Morgan fingerprint density at radius 3 is 2.44 bits per heavy atom. The molecule has 3 nitrogen and oxygen atoms in total. The van der Waals surface area contributed by atoms with Crippen molar-refractivity contribution in [2.75, 3.05) is 12.9 Å². The van der Waals surface area contributed by atoms with Crippen LogP contribution in [0.3, 0.4) is 0 Å². The van der Waals surface area contributed by atoms with Crippen molar-refractivity contribution in [3.05, 3.63) is 0 Å². The van der Waals surface area contributed by atoms with Gasteiger partial charge in [0.25, 0.3) is 0 Å².